The Bertz CT molecular complexity index is 1080. The van der Waals surface area contributed by atoms with Crippen LogP contribution in [0.4, 0.5) is 0 Å². The van der Waals surface area contributed by atoms with Crippen LogP contribution < -0.4 is 10.1 Å². The van der Waals surface area contributed by atoms with Gasteiger partial charge < -0.3 is 10.1 Å². The van der Waals surface area contributed by atoms with Gasteiger partial charge in [-0.3, -0.25) is 9.69 Å². The molecule has 0 saturated heterocycles. The number of hydrogen-bond acceptors (Lipinski definition) is 5. The van der Waals surface area contributed by atoms with Gasteiger partial charge in [0.1, 0.15) is 5.75 Å². The number of thiophene rings is 1. The summed E-state index contributed by atoms with van der Waals surface area (Å²) in [6.07, 6.45) is 9.43. The van der Waals surface area contributed by atoms with Gasteiger partial charge >= 0.3 is 5.97 Å². The van der Waals surface area contributed by atoms with Crippen molar-refractivity contribution in [3.8, 4) is 5.75 Å². The van der Waals surface area contributed by atoms with E-state index < -0.39 is 0 Å². The van der Waals surface area contributed by atoms with Crippen LogP contribution >= 0.6 is 11.3 Å². The van der Waals surface area contributed by atoms with Crippen LogP contribution in [-0.2, 0) is 24.1 Å². The molecule has 0 amide bonds. The molecule has 0 fully saturated rings. The molecule has 1 atom stereocenters. The number of esters is 1. The van der Waals surface area contributed by atoms with Crippen molar-refractivity contribution in [1.29, 1.82) is 0 Å². The average molecular weight is 489 g/mol. The third-order valence-electron chi connectivity index (χ3n) is 6.53. The number of benzene rings is 2. The summed E-state index contributed by atoms with van der Waals surface area (Å²) < 4.78 is 5.78. The summed E-state index contributed by atoms with van der Waals surface area (Å²) in [4.78, 5) is 16.6. The predicted molar refractivity (Wildman–Crippen MR) is 146 cm³/mol. The molecule has 0 spiro atoms. The predicted octanol–water partition coefficient (Wildman–Crippen LogP) is 5.77. The molecule has 35 heavy (non-hydrogen) atoms. The molecule has 0 radical (unpaired) electrons. The quantitative estimate of drug-likeness (QED) is 0.200. The van der Waals surface area contributed by atoms with E-state index in [4.69, 9.17) is 4.74 Å². The van der Waals surface area contributed by atoms with Crippen LogP contribution in [-0.4, -0.2) is 43.1 Å². The lowest BCUT2D eigenvalue weighted by Crippen LogP contribution is -2.41. The maximum absolute atomic E-state index is 12.5. The summed E-state index contributed by atoms with van der Waals surface area (Å²) in [5.41, 5.74) is 3.67. The van der Waals surface area contributed by atoms with E-state index in [1.165, 1.54) is 22.4 Å². The van der Waals surface area contributed by atoms with Crippen molar-refractivity contribution in [2.45, 2.75) is 45.1 Å². The molecule has 1 N–H and O–H groups in total. The minimum absolute atomic E-state index is 0.193. The lowest BCUT2D eigenvalue weighted by molar-refractivity contribution is -0.133. The summed E-state index contributed by atoms with van der Waals surface area (Å²) in [6, 6.07) is 21.2. The van der Waals surface area contributed by atoms with Crippen molar-refractivity contribution in [2.24, 2.45) is 0 Å². The second-order valence-electron chi connectivity index (χ2n) is 9.07. The van der Waals surface area contributed by atoms with Gasteiger partial charge in [0.25, 0.3) is 0 Å². The van der Waals surface area contributed by atoms with Gasteiger partial charge in [0.05, 0.1) is 6.54 Å². The van der Waals surface area contributed by atoms with Crippen molar-refractivity contribution in [2.75, 3.05) is 26.2 Å². The third-order valence-corrected chi connectivity index (χ3v) is 7.47. The zero-order valence-corrected chi connectivity index (χ0v) is 21.4. The molecule has 1 aromatic heterocycles. The summed E-state index contributed by atoms with van der Waals surface area (Å²) in [6.45, 7) is 5.31. The fourth-order valence-corrected chi connectivity index (χ4v) is 5.51. The minimum atomic E-state index is -0.239. The number of fused-ring (bicyclic) bond motifs is 1. The van der Waals surface area contributed by atoms with Crippen molar-refractivity contribution >= 4 is 23.4 Å². The molecule has 0 aliphatic heterocycles. The fourth-order valence-electron chi connectivity index (χ4n) is 4.81. The summed E-state index contributed by atoms with van der Waals surface area (Å²) in [5.74, 6) is 0.491. The first-order valence-electron chi connectivity index (χ1n) is 12.7. The number of rotatable bonds is 12. The van der Waals surface area contributed by atoms with E-state index in [1.807, 2.05) is 53.8 Å². The standard InChI is InChI=1S/C30H36N2O2S/c1-2-19-32(20-17-27-13-8-21-35-27)26-15-16-28-25(22-26)12-6-14-29(28)34-30(33)23-31-18-7-11-24-9-4-3-5-10-24/h3-14,21,26,31H,2,15-20,22-23H2,1H3. The SMILES string of the molecule is CCCN(CCc1cccs1)C1CCc2c(cccc2OC(=O)CNCC=Cc2ccccc2)C1. The van der Waals surface area contributed by atoms with Crippen LogP contribution in [0.3, 0.4) is 0 Å². The summed E-state index contributed by atoms with van der Waals surface area (Å²) in [7, 11) is 0. The molecular weight excluding hydrogens is 452 g/mol. The van der Waals surface area contributed by atoms with Crippen LogP contribution in [0.25, 0.3) is 6.08 Å². The van der Waals surface area contributed by atoms with Crippen LogP contribution in [0.2, 0.25) is 0 Å². The first-order valence-corrected chi connectivity index (χ1v) is 13.6. The lowest BCUT2D eigenvalue weighted by atomic mass is 9.86. The number of ether oxygens (including phenoxy) is 1. The largest absolute Gasteiger partial charge is 0.425 e. The number of hydrogen-bond donors (Lipinski definition) is 1. The third kappa shape index (κ3) is 7.63. The van der Waals surface area contributed by atoms with Gasteiger partial charge in [-0.25, -0.2) is 0 Å². The Morgan fingerprint density at radius 1 is 1.11 bits per heavy atom. The van der Waals surface area contributed by atoms with Crippen molar-refractivity contribution in [1.82, 2.24) is 10.2 Å². The van der Waals surface area contributed by atoms with E-state index in [0.717, 1.165) is 50.1 Å². The first kappa shape index (κ1) is 25.4. The molecule has 4 nitrogen and oxygen atoms in total. The zero-order valence-electron chi connectivity index (χ0n) is 20.6. The highest BCUT2D eigenvalue weighted by molar-refractivity contribution is 7.09. The van der Waals surface area contributed by atoms with E-state index in [0.29, 0.717) is 12.6 Å². The minimum Gasteiger partial charge on any atom is -0.425 e. The Hall–Kier alpha value is -2.73. The molecular formula is C30H36N2O2S. The number of nitrogens with zero attached hydrogens (tertiary/aromatic N) is 1. The molecule has 1 aliphatic rings. The van der Waals surface area contributed by atoms with E-state index in [-0.39, 0.29) is 12.5 Å². The normalized spacial score (nSPS) is 15.4. The smallest absolute Gasteiger partial charge is 0.325 e. The second-order valence-corrected chi connectivity index (χ2v) is 10.1. The Balaban J connectivity index is 1.28. The Kier molecular flexibility index (Phi) is 9.70. The molecule has 1 aliphatic carbocycles. The monoisotopic (exact) mass is 488 g/mol. The van der Waals surface area contributed by atoms with Crippen LogP contribution in [0.1, 0.15) is 41.3 Å². The van der Waals surface area contributed by atoms with E-state index in [1.54, 1.807) is 0 Å². The topological polar surface area (TPSA) is 41.6 Å². The zero-order chi connectivity index (χ0) is 24.3. The van der Waals surface area contributed by atoms with Crippen LogP contribution in [0, 0.1) is 0 Å². The summed E-state index contributed by atoms with van der Waals surface area (Å²) >= 11 is 1.85. The second kappa shape index (κ2) is 13.4. The van der Waals surface area contributed by atoms with Crippen LogP contribution in [0.15, 0.2) is 72.1 Å². The number of carbonyl (C=O) groups excluding carboxylic acids is 1. The number of carbonyl (C=O) groups is 1. The molecule has 0 saturated carbocycles. The maximum Gasteiger partial charge on any atom is 0.325 e. The molecule has 184 valence electrons. The lowest BCUT2D eigenvalue weighted by Gasteiger charge is -2.35. The summed E-state index contributed by atoms with van der Waals surface area (Å²) in [5, 5.41) is 5.31. The van der Waals surface area contributed by atoms with E-state index >= 15 is 0 Å². The van der Waals surface area contributed by atoms with Gasteiger partial charge in [0, 0.05) is 24.0 Å². The molecule has 3 aromatic rings. The highest BCUT2D eigenvalue weighted by Crippen LogP contribution is 2.32. The average Bonchev–Trinajstić information content (AvgIpc) is 3.40. The molecule has 5 heteroatoms. The molecule has 0 bridgehead atoms. The van der Waals surface area contributed by atoms with Gasteiger partial charge in [-0.1, -0.05) is 67.6 Å². The first-order chi connectivity index (χ1) is 17.2. The Morgan fingerprint density at radius 3 is 2.80 bits per heavy atom. The van der Waals surface area contributed by atoms with Gasteiger partial charge in [0.2, 0.25) is 0 Å². The van der Waals surface area contributed by atoms with Gasteiger partial charge in [-0.15, -0.1) is 11.3 Å². The van der Waals surface area contributed by atoms with Crippen molar-refractivity contribution in [3.63, 3.8) is 0 Å². The van der Waals surface area contributed by atoms with Crippen molar-refractivity contribution < 1.29 is 9.53 Å². The highest BCUT2D eigenvalue weighted by Gasteiger charge is 2.26. The van der Waals surface area contributed by atoms with Crippen molar-refractivity contribution in [3.05, 3.63) is 93.7 Å². The fraction of sp³-hybridized carbons (Fsp3) is 0.367. The van der Waals surface area contributed by atoms with Gasteiger partial charge in [0.15, 0.2) is 0 Å². The van der Waals surface area contributed by atoms with Gasteiger partial charge in [-0.05, 0) is 72.9 Å². The van der Waals surface area contributed by atoms with Gasteiger partial charge in [-0.2, -0.15) is 0 Å². The molecule has 2 aromatic carbocycles. The van der Waals surface area contributed by atoms with E-state index in [9.17, 15) is 4.79 Å². The molecule has 1 heterocycles. The van der Waals surface area contributed by atoms with E-state index in [2.05, 4.69) is 52.9 Å². The highest BCUT2D eigenvalue weighted by atomic mass is 32.1. The number of nitrogens with one attached hydrogen (secondary N) is 1. The Morgan fingerprint density at radius 2 is 2.00 bits per heavy atom. The molecule has 4 rings (SSSR count). The Labute approximate surface area is 213 Å². The molecule has 1 unspecified atom stereocenters. The van der Waals surface area contributed by atoms with Crippen LogP contribution in [0.5, 0.6) is 5.75 Å². The maximum atomic E-state index is 12.5.